The Hall–Kier alpha value is 0.460. The molecule has 0 aromatic heterocycles. The number of hydrogen-bond donors (Lipinski definition) is 0. The number of nitrogens with zero attached hydrogens (tertiary/aromatic N) is 3. The number of likely N-dealkylation sites (N-methyl/N-ethyl adjacent to an activating group) is 2. The van der Waals surface area contributed by atoms with E-state index in [2.05, 4.69) is 77.8 Å². The quantitative estimate of drug-likeness (QED) is 0.621. The molecule has 0 bridgehead atoms. The molecule has 140 valence electrons. The molecule has 0 spiro atoms. The summed E-state index contributed by atoms with van der Waals surface area (Å²) in [7, 11) is 12.6. The van der Waals surface area contributed by atoms with Gasteiger partial charge in [-0.2, -0.15) is 0 Å². The van der Waals surface area contributed by atoms with Gasteiger partial charge in [0.2, 0.25) is 0 Å². The molecule has 0 amide bonds. The van der Waals surface area contributed by atoms with Crippen LogP contribution in [0.4, 0.5) is 0 Å². The van der Waals surface area contributed by atoms with Crippen molar-refractivity contribution in [3.8, 4) is 0 Å². The number of rotatable bonds is 7. The van der Waals surface area contributed by atoms with E-state index in [1.807, 2.05) is 6.92 Å². The van der Waals surface area contributed by atoms with Gasteiger partial charge in [0.05, 0.1) is 0 Å². The molecule has 0 aromatic rings. The highest BCUT2D eigenvalue weighted by Crippen LogP contribution is 2.23. The van der Waals surface area contributed by atoms with Crippen LogP contribution in [0.1, 0.15) is 40.5 Å². The van der Waals surface area contributed by atoms with E-state index in [0.29, 0.717) is 5.41 Å². The van der Waals surface area contributed by atoms with E-state index in [-0.39, 0.29) is 12.4 Å². The molecular weight excluding hydrogens is 317 g/mol. The average Bonchev–Trinajstić information content (AvgIpc) is 2.36. The van der Waals surface area contributed by atoms with Crippen LogP contribution in [0, 0.1) is 5.41 Å². The van der Waals surface area contributed by atoms with Crippen LogP contribution in [0.2, 0.25) is 0 Å². The zero-order valence-corrected chi connectivity index (χ0v) is 18.4. The number of halogens is 2. The maximum atomic E-state index is 5.00. The second-order valence-electron chi connectivity index (χ2n) is 6.94. The zero-order chi connectivity index (χ0) is 17.5. The maximum Gasteiger partial charge on any atom is 0.0195 e. The van der Waals surface area contributed by atoms with E-state index in [4.69, 9.17) is 11.6 Å². The molecule has 0 fully saturated rings. The Labute approximate surface area is 152 Å². The average molecular weight is 359 g/mol. The van der Waals surface area contributed by atoms with Crippen LogP contribution in [0.3, 0.4) is 0 Å². The molecule has 0 aliphatic carbocycles. The minimum absolute atomic E-state index is 0. The van der Waals surface area contributed by atoms with Crippen LogP contribution < -0.4 is 12.4 Å². The Morgan fingerprint density at radius 2 is 1.00 bits per heavy atom. The summed E-state index contributed by atoms with van der Waals surface area (Å²) in [4.78, 5) is 6.61. The minimum Gasteiger partial charge on any atom is -1.00 e. The molecule has 0 unspecified atom stereocenters. The summed E-state index contributed by atoms with van der Waals surface area (Å²) in [6.45, 7) is 12.3. The Morgan fingerprint density at radius 1 is 0.727 bits per heavy atom. The molecule has 0 rings (SSSR count). The van der Waals surface area contributed by atoms with Gasteiger partial charge in [-0.1, -0.05) is 34.1 Å². The van der Waals surface area contributed by atoms with Crippen molar-refractivity contribution in [2.24, 2.45) is 5.41 Å². The Kier molecular flexibility index (Phi) is 26.9. The van der Waals surface area contributed by atoms with Crippen molar-refractivity contribution in [1.82, 2.24) is 14.7 Å². The molecule has 0 radical (unpaired) electrons. The minimum atomic E-state index is 0. The Bertz CT molecular complexity index is 188. The van der Waals surface area contributed by atoms with Gasteiger partial charge in [-0.15, -0.1) is 11.6 Å². The van der Waals surface area contributed by atoms with Crippen LogP contribution >= 0.6 is 11.6 Å². The SMILES string of the molecule is CCC(C)(C)CCN(C)C.CCCl.CN(C)CCN(C)C.[Cl-]. The molecule has 5 heteroatoms. The van der Waals surface area contributed by atoms with Gasteiger partial charge in [-0.05, 0) is 60.7 Å². The van der Waals surface area contributed by atoms with Crippen molar-refractivity contribution in [3.63, 3.8) is 0 Å². The highest BCUT2D eigenvalue weighted by Gasteiger charge is 2.14. The monoisotopic (exact) mass is 358 g/mol. The third-order valence-corrected chi connectivity index (χ3v) is 3.19. The molecule has 0 atom stereocenters. The molecule has 3 nitrogen and oxygen atoms in total. The molecular formula is C17H42Cl2N3-. The third kappa shape index (κ3) is 37.1. The first-order valence-corrected chi connectivity index (χ1v) is 8.56. The van der Waals surface area contributed by atoms with Gasteiger partial charge in [0.25, 0.3) is 0 Å². The third-order valence-electron chi connectivity index (χ3n) is 3.19. The largest absolute Gasteiger partial charge is 1.00 e. The van der Waals surface area contributed by atoms with Crippen molar-refractivity contribution < 1.29 is 12.4 Å². The molecule has 0 aliphatic heterocycles. The summed E-state index contributed by atoms with van der Waals surface area (Å²) in [5.41, 5.74) is 0.532. The fraction of sp³-hybridized carbons (Fsp3) is 1.00. The number of alkyl halides is 1. The van der Waals surface area contributed by atoms with E-state index in [1.165, 1.54) is 19.4 Å². The van der Waals surface area contributed by atoms with Crippen LogP contribution in [-0.2, 0) is 0 Å². The summed E-state index contributed by atoms with van der Waals surface area (Å²) < 4.78 is 0. The highest BCUT2D eigenvalue weighted by atomic mass is 35.5. The van der Waals surface area contributed by atoms with Crippen molar-refractivity contribution in [3.05, 3.63) is 0 Å². The first-order chi connectivity index (χ1) is 9.52. The molecule has 22 heavy (non-hydrogen) atoms. The lowest BCUT2D eigenvalue weighted by Crippen LogP contribution is -3.00. The summed E-state index contributed by atoms with van der Waals surface area (Å²) in [6.07, 6.45) is 2.58. The smallest absolute Gasteiger partial charge is 0.0195 e. The first kappa shape index (κ1) is 30.4. The standard InChI is InChI=1S/C9H21N.C6H16N2.C2H5Cl.ClH/c1-6-9(2,3)7-8-10(4)5;1-7(2)5-6-8(3)4;1-2-3;/h6-8H2,1-5H3;5-6H2,1-4H3;2H2,1H3;1H/p-1. The van der Waals surface area contributed by atoms with Crippen LogP contribution in [-0.4, -0.2) is 82.5 Å². The van der Waals surface area contributed by atoms with E-state index in [9.17, 15) is 0 Å². The lowest BCUT2D eigenvalue weighted by Gasteiger charge is -2.24. The molecule has 0 heterocycles. The molecule has 0 aliphatic rings. The van der Waals surface area contributed by atoms with E-state index < -0.39 is 0 Å². The zero-order valence-electron chi connectivity index (χ0n) is 16.8. The van der Waals surface area contributed by atoms with Gasteiger partial charge in [-0.25, -0.2) is 0 Å². The maximum absolute atomic E-state index is 5.00. The summed E-state index contributed by atoms with van der Waals surface area (Å²) >= 11 is 5.00. The van der Waals surface area contributed by atoms with E-state index in [0.717, 1.165) is 19.0 Å². The van der Waals surface area contributed by atoms with Crippen molar-refractivity contribution in [1.29, 1.82) is 0 Å². The molecule has 0 aromatic carbocycles. The van der Waals surface area contributed by atoms with Gasteiger partial charge in [0.1, 0.15) is 0 Å². The van der Waals surface area contributed by atoms with Gasteiger partial charge in [0, 0.05) is 19.0 Å². The fourth-order valence-corrected chi connectivity index (χ4v) is 1.10. The lowest BCUT2D eigenvalue weighted by atomic mass is 9.86. The Morgan fingerprint density at radius 3 is 1.18 bits per heavy atom. The topological polar surface area (TPSA) is 9.72 Å². The second kappa shape index (κ2) is 19.5. The fourth-order valence-electron chi connectivity index (χ4n) is 1.10. The highest BCUT2D eigenvalue weighted by molar-refractivity contribution is 6.17. The van der Waals surface area contributed by atoms with Crippen molar-refractivity contribution >= 4 is 11.6 Å². The van der Waals surface area contributed by atoms with E-state index in [1.54, 1.807) is 0 Å². The first-order valence-electron chi connectivity index (χ1n) is 8.02. The molecule has 0 saturated carbocycles. The lowest BCUT2D eigenvalue weighted by molar-refractivity contribution is -0.00000549. The predicted molar refractivity (Wildman–Crippen MR) is 101 cm³/mol. The van der Waals surface area contributed by atoms with Gasteiger partial charge in [0.15, 0.2) is 0 Å². The molecule has 0 N–H and O–H groups in total. The van der Waals surface area contributed by atoms with Crippen molar-refractivity contribution in [2.45, 2.75) is 40.5 Å². The number of hydrogen-bond acceptors (Lipinski definition) is 3. The summed E-state index contributed by atoms with van der Waals surface area (Å²) in [5.74, 6) is 0.722. The van der Waals surface area contributed by atoms with Gasteiger partial charge >= 0.3 is 0 Å². The summed E-state index contributed by atoms with van der Waals surface area (Å²) in [6, 6.07) is 0. The van der Waals surface area contributed by atoms with Crippen LogP contribution in [0.15, 0.2) is 0 Å². The van der Waals surface area contributed by atoms with Crippen LogP contribution in [0.25, 0.3) is 0 Å². The summed E-state index contributed by atoms with van der Waals surface area (Å²) in [5, 5.41) is 0. The normalized spacial score (nSPS) is 10.6. The molecule has 0 saturated heterocycles. The van der Waals surface area contributed by atoms with Gasteiger partial charge < -0.3 is 27.1 Å². The van der Waals surface area contributed by atoms with Crippen LogP contribution in [0.5, 0.6) is 0 Å². The van der Waals surface area contributed by atoms with E-state index >= 15 is 0 Å². The van der Waals surface area contributed by atoms with Gasteiger partial charge in [-0.3, -0.25) is 0 Å². The van der Waals surface area contributed by atoms with Crippen molar-refractivity contribution in [2.75, 3.05) is 67.8 Å². The second-order valence-corrected chi connectivity index (χ2v) is 7.48. The Balaban J connectivity index is -0.000000122. The predicted octanol–water partition coefficient (Wildman–Crippen LogP) is 0.733.